The van der Waals surface area contributed by atoms with Crippen molar-refractivity contribution in [1.82, 2.24) is 0 Å². The lowest BCUT2D eigenvalue weighted by Gasteiger charge is -2.28. The quantitative estimate of drug-likeness (QED) is 0.873. The maximum atomic E-state index is 13.5. The number of halogens is 1. The number of hydrogen-bond acceptors (Lipinski definition) is 1. The van der Waals surface area contributed by atoms with Crippen molar-refractivity contribution in [2.75, 3.05) is 0 Å². The molecular formula is C17H18FN. The molecule has 1 fully saturated rings. The van der Waals surface area contributed by atoms with Gasteiger partial charge in [0.15, 0.2) is 0 Å². The highest BCUT2D eigenvalue weighted by Gasteiger charge is 2.22. The summed E-state index contributed by atoms with van der Waals surface area (Å²) in [5, 5.41) is 0. The summed E-state index contributed by atoms with van der Waals surface area (Å²) >= 11 is 0. The van der Waals surface area contributed by atoms with Crippen LogP contribution in [-0.2, 0) is 6.54 Å². The second-order valence-corrected chi connectivity index (χ2v) is 5.23. The van der Waals surface area contributed by atoms with Crippen molar-refractivity contribution >= 4 is 0 Å². The van der Waals surface area contributed by atoms with Crippen LogP contribution in [-0.4, -0.2) is 0 Å². The Labute approximate surface area is 113 Å². The number of rotatable bonds is 3. The van der Waals surface area contributed by atoms with E-state index in [1.165, 1.54) is 36.5 Å². The molecule has 1 aliphatic carbocycles. The number of benzene rings is 2. The van der Waals surface area contributed by atoms with Crippen LogP contribution in [0.5, 0.6) is 0 Å². The topological polar surface area (TPSA) is 26.0 Å². The first-order valence-corrected chi connectivity index (χ1v) is 6.87. The molecule has 2 heteroatoms. The molecule has 1 saturated carbocycles. The SMILES string of the molecule is NCc1cc(-c2ccccc2C2CCC2)ccc1F. The Kier molecular flexibility index (Phi) is 3.34. The molecule has 1 aliphatic rings. The lowest BCUT2D eigenvalue weighted by atomic mass is 9.77. The molecule has 2 N–H and O–H groups in total. The normalized spacial score (nSPS) is 15.3. The molecule has 0 aliphatic heterocycles. The summed E-state index contributed by atoms with van der Waals surface area (Å²) in [6.07, 6.45) is 3.85. The van der Waals surface area contributed by atoms with Gasteiger partial charge in [0.1, 0.15) is 5.82 Å². The second kappa shape index (κ2) is 5.14. The van der Waals surface area contributed by atoms with Crippen LogP contribution in [0.25, 0.3) is 11.1 Å². The van der Waals surface area contributed by atoms with Gasteiger partial charge in [0, 0.05) is 12.1 Å². The van der Waals surface area contributed by atoms with Crippen LogP contribution >= 0.6 is 0 Å². The van der Waals surface area contributed by atoms with Crippen molar-refractivity contribution in [2.24, 2.45) is 5.73 Å². The molecule has 3 rings (SSSR count). The van der Waals surface area contributed by atoms with E-state index in [1.54, 1.807) is 0 Å². The maximum Gasteiger partial charge on any atom is 0.127 e. The van der Waals surface area contributed by atoms with Crippen LogP contribution in [0.15, 0.2) is 42.5 Å². The molecule has 0 saturated heterocycles. The van der Waals surface area contributed by atoms with Crippen LogP contribution < -0.4 is 5.73 Å². The van der Waals surface area contributed by atoms with Crippen LogP contribution in [0, 0.1) is 5.82 Å². The third-order valence-corrected chi connectivity index (χ3v) is 4.08. The Morgan fingerprint density at radius 3 is 2.58 bits per heavy atom. The number of hydrogen-bond donors (Lipinski definition) is 1. The highest BCUT2D eigenvalue weighted by Crippen LogP contribution is 2.41. The Bertz CT molecular complexity index is 588. The fourth-order valence-corrected chi connectivity index (χ4v) is 2.73. The minimum atomic E-state index is -0.215. The van der Waals surface area contributed by atoms with Crippen molar-refractivity contribution in [2.45, 2.75) is 31.7 Å². The van der Waals surface area contributed by atoms with E-state index in [0.717, 1.165) is 5.56 Å². The van der Waals surface area contributed by atoms with Gasteiger partial charge in [-0.3, -0.25) is 0 Å². The first kappa shape index (κ1) is 12.4. The first-order chi connectivity index (χ1) is 9.29. The predicted molar refractivity (Wildman–Crippen MR) is 76.3 cm³/mol. The molecule has 98 valence electrons. The summed E-state index contributed by atoms with van der Waals surface area (Å²) in [6, 6.07) is 13.7. The molecule has 2 aromatic rings. The summed E-state index contributed by atoms with van der Waals surface area (Å²) in [6.45, 7) is 0.241. The van der Waals surface area contributed by atoms with Gasteiger partial charge >= 0.3 is 0 Å². The van der Waals surface area contributed by atoms with E-state index in [2.05, 4.69) is 18.2 Å². The summed E-state index contributed by atoms with van der Waals surface area (Å²) in [4.78, 5) is 0. The van der Waals surface area contributed by atoms with Gasteiger partial charge in [0.25, 0.3) is 0 Å². The Morgan fingerprint density at radius 2 is 1.89 bits per heavy atom. The van der Waals surface area contributed by atoms with E-state index in [-0.39, 0.29) is 12.4 Å². The van der Waals surface area contributed by atoms with Crippen LogP contribution in [0.1, 0.15) is 36.3 Å². The van der Waals surface area contributed by atoms with Gasteiger partial charge in [-0.15, -0.1) is 0 Å². The molecule has 0 aromatic heterocycles. The minimum Gasteiger partial charge on any atom is -0.326 e. The minimum absolute atomic E-state index is 0.215. The van der Waals surface area contributed by atoms with Gasteiger partial charge in [-0.2, -0.15) is 0 Å². The second-order valence-electron chi connectivity index (χ2n) is 5.23. The zero-order valence-electron chi connectivity index (χ0n) is 10.9. The lowest BCUT2D eigenvalue weighted by molar-refractivity contribution is 0.420. The van der Waals surface area contributed by atoms with Gasteiger partial charge in [0.2, 0.25) is 0 Å². The van der Waals surface area contributed by atoms with Crippen molar-refractivity contribution in [3.63, 3.8) is 0 Å². The Morgan fingerprint density at radius 1 is 1.11 bits per heavy atom. The lowest BCUT2D eigenvalue weighted by Crippen LogP contribution is -2.10. The van der Waals surface area contributed by atoms with Crippen LogP contribution in [0.2, 0.25) is 0 Å². The fourth-order valence-electron chi connectivity index (χ4n) is 2.73. The standard InChI is InChI=1S/C17H18FN/c18-17-9-8-13(10-14(17)11-19)16-7-2-1-6-15(16)12-4-3-5-12/h1-2,6-10,12H,3-5,11,19H2. The molecule has 0 atom stereocenters. The largest absolute Gasteiger partial charge is 0.326 e. The smallest absolute Gasteiger partial charge is 0.127 e. The van der Waals surface area contributed by atoms with E-state index in [4.69, 9.17) is 5.73 Å². The van der Waals surface area contributed by atoms with Gasteiger partial charge in [-0.25, -0.2) is 4.39 Å². The van der Waals surface area contributed by atoms with Crippen molar-refractivity contribution in [3.8, 4) is 11.1 Å². The monoisotopic (exact) mass is 255 g/mol. The molecule has 2 aromatic carbocycles. The average molecular weight is 255 g/mol. The molecule has 0 unspecified atom stereocenters. The summed E-state index contributed by atoms with van der Waals surface area (Å²) < 4.78 is 13.5. The maximum absolute atomic E-state index is 13.5. The summed E-state index contributed by atoms with van der Waals surface area (Å²) in [7, 11) is 0. The Hall–Kier alpha value is -1.67. The predicted octanol–water partition coefficient (Wildman–Crippen LogP) is 4.22. The van der Waals surface area contributed by atoms with Crippen LogP contribution in [0.4, 0.5) is 4.39 Å². The van der Waals surface area contributed by atoms with Gasteiger partial charge < -0.3 is 5.73 Å². The van der Waals surface area contributed by atoms with E-state index in [9.17, 15) is 4.39 Å². The fraction of sp³-hybridized carbons (Fsp3) is 0.294. The molecule has 19 heavy (non-hydrogen) atoms. The molecule has 0 amide bonds. The third-order valence-electron chi connectivity index (χ3n) is 4.08. The molecule has 0 bridgehead atoms. The molecular weight excluding hydrogens is 237 g/mol. The van der Waals surface area contributed by atoms with E-state index < -0.39 is 0 Å². The van der Waals surface area contributed by atoms with Gasteiger partial charge in [-0.1, -0.05) is 36.8 Å². The highest BCUT2D eigenvalue weighted by atomic mass is 19.1. The van der Waals surface area contributed by atoms with E-state index in [1.807, 2.05) is 18.2 Å². The molecule has 0 radical (unpaired) electrons. The molecule has 1 nitrogen and oxygen atoms in total. The van der Waals surface area contributed by atoms with Crippen molar-refractivity contribution in [3.05, 3.63) is 59.4 Å². The average Bonchev–Trinajstić information content (AvgIpc) is 2.38. The Balaban J connectivity index is 2.06. The number of nitrogens with two attached hydrogens (primary N) is 1. The first-order valence-electron chi connectivity index (χ1n) is 6.87. The molecule has 0 heterocycles. The highest BCUT2D eigenvalue weighted by molar-refractivity contribution is 5.69. The zero-order chi connectivity index (χ0) is 13.2. The van der Waals surface area contributed by atoms with E-state index >= 15 is 0 Å². The van der Waals surface area contributed by atoms with Gasteiger partial charge in [-0.05, 0) is 47.6 Å². The van der Waals surface area contributed by atoms with Crippen molar-refractivity contribution in [1.29, 1.82) is 0 Å². The summed E-state index contributed by atoms with van der Waals surface area (Å²) in [5.41, 5.74) is 9.87. The zero-order valence-corrected chi connectivity index (χ0v) is 10.9. The summed E-state index contributed by atoms with van der Waals surface area (Å²) in [5.74, 6) is 0.454. The van der Waals surface area contributed by atoms with Crippen molar-refractivity contribution < 1.29 is 4.39 Å². The van der Waals surface area contributed by atoms with Crippen LogP contribution in [0.3, 0.4) is 0 Å². The van der Waals surface area contributed by atoms with Gasteiger partial charge in [0.05, 0.1) is 0 Å². The third kappa shape index (κ3) is 2.28. The van der Waals surface area contributed by atoms with E-state index in [0.29, 0.717) is 11.5 Å². The molecule has 0 spiro atoms.